The molecule has 0 saturated carbocycles. The van der Waals surface area contributed by atoms with Crippen LogP contribution < -0.4 is 0 Å². The Morgan fingerprint density at radius 3 is 2.29 bits per heavy atom. The number of rotatable bonds is 2. The van der Waals surface area contributed by atoms with Crippen LogP contribution in [0.15, 0.2) is 17.2 Å². The van der Waals surface area contributed by atoms with Gasteiger partial charge in [-0.2, -0.15) is 0 Å². The third-order valence-corrected chi connectivity index (χ3v) is 1.41. The van der Waals surface area contributed by atoms with Crippen LogP contribution in [-0.2, 0) is 0 Å². The van der Waals surface area contributed by atoms with Crippen molar-refractivity contribution in [2.24, 2.45) is 5.11 Å². The molecule has 5 nitrogen and oxygen atoms in total. The number of hydrogen-bond acceptors (Lipinski definition) is 2. The number of aromatic carboxylic acids is 1. The second-order valence-corrected chi connectivity index (χ2v) is 2.28. The molecule has 0 unspecified atom stereocenters. The number of carboxylic acid groups (broad SMARTS) is 1. The maximum absolute atomic E-state index is 12.9. The zero-order valence-electron chi connectivity index (χ0n) is 6.61. The lowest BCUT2D eigenvalue weighted by Gasteiger charge is -1.99. The largest absolute Gasteiger partial charge is 0.478 e. The van der Waals surface area contributed by atoms with E-state index >= 15 is 0 Å². The maximum atomic E-state index is 12.9. The van der Waals surface area contributed by atoms with Gasteiger partial charge in [-0.15, -0.1) is 0 Å². The molecule has 0 spiro atoms. The first-order chi connectivity index (χ1) is 6.56. The Morgan fingerprint density at radius 2 is 1.93 bits per heavy atom. The van der Waals surface area contributed by atoms with Crippen LogP contribution in [0.5, 0.6) is 0 Å². The van der Waals surface area contributed by atoms with E-state index in [0.717, 1.165) is 0 Å². The topological polar surface area (TPSA) is 86.1 Å². The van der Waals surface area contributed by atoms with E-state index in [4.69, 9.17) is 10.6 Å². The summed E-state index contributed by atoms with van der Waals surface area (Å²) in [6.45, 7) is 0. The van der Waals surface area contributed by atoms with Crippen molar-refractivity contribution in [3.05, 3.63) is 39.8 Å². The summed E-state index contributed by atoms with van der Waals surface area (Å²) < 4.78 is 25.8. The molecule has 0 aliphatic rings. The molecule has 0 heterocycles. The van der Waals surface area contributed by atoms with Crippen LogP contribution in [0.4, 0.5) is 14.5 Å². The summed E-state index contributed by atoms with van der Waals surface area (Å²) in [4.78, 5) is 12.5. The van der Waals surface area contributed by atoms with Crippen molar-refractivity contribution in [2.75, 3.05) is 0 Å². The van der Waals surface area contributed by atoms with Gasteiger partial charge in [0.15, 0.2) is 0 Å². The summed E-state index contributed by atoms with van der Waals surface area (Å²) in [7, 11) is 0. The monoisotopic (exact) mass is 199 g/mol. The Kier molecular flexibility index (Phi) is 2.64. The first-order valence-electron chi connectivity index (χ1n) is 3.33. The van der Waals surface area contributed by atoms with Gasteiger partial charge in [0.05, 0.1) is 5.56 Å². The fraction of sp³-hybridized carbons (Fsp3) is 0. The predicted molar refractivity (Wildman–Crippen MR) is 42.1 cm³/mol. The molecule has 0 radical (unpaired) electrons. The molecule has 1 N–H and O–H groups in total. The number of benzene rings is 1. The van der Waals surface area contributed by atoms with Gasteiger partial charge in [-0.05, 0) is 17.7 Å². The van der Waals surface area contributed by atoms with E-state index in [1.54, 1.807) is 0 Å². The van der Waals surface area contributed by atoms with E-state index < -0.39 is 28.9 Å². The smallest absolute Gasteiger partial charge is 0.335 e. The molecule has 72 valence electrons. The highest BCUT2D eigenvalue weighted by molar-refractivity contribution is 5.88. The van der Waals surface area contributed by atoms with Crippen molar-refractivity contribution >= 4 is 11.7 Å². The minimum absolute atomic E-state index is 0.545. The average molecular weight is 199 g/mol. The Labute approximate surface area is 76.2 Å². The van der Waals surface area contributed by atoms with Gasteiger partial charge in [0.2, 0.25) is 0 Å². The lowest BCUT2D eigenvalue weighted by molar-refractivity contribution is 0.0696. The quantitative estimate of drug-likeness (QED) is 0.450. The zero-order chi connectivity index (χ0) is 10.7. The van der Waals surface area contributed by atoms with Crippen molar-refractivity contribution in [3.63, 3.8) is 0 Å². The molecule has 14 heavy (non-hydrogen) atoms. The van der Waals surface area contributed by atoms with Crippen molar-refractivity contribution in [1.29, 1.82) is 0 Å². The molecular weight excluding hydrogens is 196 g/mol. The van der Waals surface area contributed by atoms with E-state index in [1.165, 1.54) is 0 Å². The van der Waals surface area contributed by atoms with E-state index in [1.807, 2.05) is 0 Å². The predicted octanol–water partition coefficient (Wildman–Crippen LogP) is 2.60. The highest BCUT2D eigenvalue weighted by atomic mass is 19.1. The Hall–Kier alpha value is -2.14. The number of hydrogen-bond donors (Lipinski definition) is 1. The summed E-state index contributed by atoms with van der Waals surface area (Å²) in [6.07, 6.45) is 0. The van der Waals surface area contributed by atoms with Crippen LogP contribution in [0, 0.1) is 11.6 Å². The number of halogens is 2. The molecule has 0 amide bonds. The molecule has 0 aliphatic carbocycles. The van der Waals surface area contributed by atoms with Crippen molar-refractivity contribution in [3.8, 4) is 0 Å². The molecular formula is C7H3F2N3O2. The van der Waals surface area contributed by atoms with E-state index in [2.05, 4.69) is 10.0 Å². The van der Waals surface area contributed by atoms with E-state index in [-0.39, 0.29) is 0 Å². The van der Waals surface area contributed by atoms with Gasteiger partial charge in [-0.1, -0.05) is 5.11 Å². The van der Waals surface area contributed by atoms with Crippen LogP contribution >= 0.6 is 0 Å². The van der Waals surface area contributed by atoms with Gasteiger partial charge in [-0.25, -0.2) is 13.6 Å². The SMILES string of the molecule is [N-]=[N+]=Nc1c(F)cc(C(=O)O)cc1F. The fourth-order valence-electron chi connectivity index (χ4n) is 0.829. The van der Waals surface area contributed by atoms with Crippen LogP contribution in [0.1, 0.15) is 10.4 Å². The molecule has 0 bridgehead atoms. The number of carbonyl (C=O) groups is 1. The van der Waals surface area contributed by atoms with Crippen molar-refractivity contribution < 1.29 is 18.7 Å². The van der Waals surface area contributed by atoms with Crippen LogP contribution in [0.25, 0.3) is 10.4 Å². The molecule has 0 aliphatic heterocycles. The Morgan fingerprint density at radius 1 is 1.43 bits per heavy atom. The molecule has 1 aromatic rings. The van der Waals surface area contributed by atoms with Crippen molar-refractivity contribution in [1.82, 2.24) is 0 Å². The molecule has 7 heteroatoms. The van der Waals surface area contributed by atoms with Gasteiger partial charge in [0.25, 0.3) is 0 Å². The molecule has 1 aromatic carbocycles. The van der Waals surface area contributed by atoms with Gasteiger partial charge in [0.1, 0.15) is 17.3 Å². The first-order valence-corrected chi connectivity index (χ1v) is 3.33. The molecule has 0 fully saturated rings. The lowest BCUT2D eigenvalue weighted by Crippen LogP contribution is -1.98. The second kappa shape index (κ2) is 3.71. The van der Waals surface area contributed by atoms with Crippen LogP contribution in [-0.4, -0.2) is 11.1 Å². The molecule has 0 saturated heterocycles. The first kappa shape index (κ1) is 9.94. The summed E-state index contributed by atoms with van der Waals surface area (Å²) in [5.41, 5.74) is 6.58. The van der Waals surface area contributed by atoms with Crippen LogP contribution in [0.3, 0.4) is 0 Å². The lowest BCUT2D eigenvalue weighted by atomic mass is 10.2. The summed E-state index contributed by atoms with van der Waals surface area (Å²) in [5, 5.41) is 11.2. The average Bonchev–Trinajstić information content (AvgIpc) is 2.10. The molecule has 0 aromatic heterocycles. The van der Waals surface area contributed by atoms with Gasteiger partial charge in [0, 0.05) is 4.91 Å². The summed E-state index contributed by atoms with van der Waals surface area (Å²) in [5.74, 6) is -3.88. The fourth-order valence-corrected chi connectivity index (χ4v) is 0.829. The Bertz CT molecular complexity index is 418. The number of azide groups is 1. The molecule has 1 rings (SSSR count). The normalized spacial score (nSPS) is 9.29. The van der Waals surface area contributed by atoms with Gasteiger partial charge < -0.3 is 5.11 Å². The summed E-state index contributed by atoms with van der Waals surface area (Å²) >= 11 is 0. The maximum Gasteiger partial charge on any atom is 0.335 e. The minimum Gasteiger partial charge on any atom is -0.478 e. The minimum atomic E-state index is -1.46. The number of nitrogens with zero attached hydrogens (tertiary/aromatic N) is 3. The number of carboxylic acids is 1. The summed E-state index contributed by atoms with van der Waals surface area (Å²) in [6, 6.07) is 1.16. The standard InChI is InChI=1S/C7H3F2N3O2/c8-4-1-3(7(13)14)2-5(9)6(4)11-12-10/h1-2H,(H,13,14). The zero-order valence-corrected chi connectivity index (χ0v) is 6.61. The highest BCUT2D eigenvalue weighted by Gasteiger charge is 2.12. The third-order valence-electron chi connectivity index (χ3n) is 1.41. The van der Waals surface area contributed by atoms with Gasteiger partial charge >= 0.3 is 5.97 Å². The molecule has 0 atom stereocenters. The van der Waals surface area contributed by atoms with Crippen LogP contribution in [0.2, 0.25) is 0 Å². The van der Waals surface area contributed by atoms with Crippen molar-refractivity contribution in [2.45, 2.75) is 0 Å². The second-order valence-electron chi connectivity index (χ2n) is 2.28. The third kappa shape index (κ3) is 1.78. The Balaban J connectivity index is 3.39. The van der Waals surface area contributed by atoms with E-state index in [9.17, 15) is 13.6 Å². The van der Waals surface area contributed by atoms with E-state index in [0.29, 0.717) is 12.1 Å². The van der Waals surface area contributed by atoms with Gasteiger partial charge in [-0.3, -0.25) is 0 Å². The highest BCUT2D eigenvalue weighted by Crippen LogP contribution is 2.23.